The topological polar surface area (TPSA) is 29.3 Å². The van der Waals surface area contributed by atoms with Crippen LogP contribution in [-0.4, -0.2) is 10.3 Å². The number of fused-ring (bicyclic) bond motifs is 8. The predicted molar refractivity (Wildman–Crippen MR) is 207 cm³/mol. The highest BCUT2D eigenvalue weighted by Crippen LogP contribution is 2.42. The van der Waals surface area contributed by atoms with Gasteiger partial charge in [0.15, 0.2) is 0 Å². The molecule has 2 heterocycles. The average molecular weight is 626 g/mol. The number of anilines is 1. The van der Waals surface area contributed by atoms with E-state index in [1.165, 1.54) is 54.6 Å². The van der Waals surface area contributed by atoms with Gasteiger partial charge in [-0.15, -0.1) is 0 Å². The van der Waals surface area contributed by atoms with Crippen LogP contribution in [0.15, 0.2) is 181 Å². The Morgan fingerprint density at radius 1 is 0.429 bits per heavy atom. The van der Waals surface area contributed by atoms with Crippen molar-refractivity contribution >= 4 is 54.7 Å². The van der Waals surface area contributed by atoms with E-state index < -0.39 is 0 Å². The van der Waals surface area contributed by atoms with Gasteiger partial charge >= 0.3 is 0 Å². The van der Waals surface area contributed by atoms with Crippen LogP contribution in [0.3, 0.4) is 0 Å². The zero-order valence-electron chi connectivity index (χ0n) is 26.7. The second-order valence-electron chi connectivity index (χ2n) is 12.8. The molecule has 1 aliphatic rings. The molecule has 0 spiro atoms. The Kier molecular flexibility index (Phi) is 6.25. The lowest BCUT2D eigenvalue weighted by Crippen LogP contribution is -2.24. The molecule has 1 aliphatic heterocycles. The van der Waals surface area contributed by atoms with Gasteiger partial charge in [0.1, 0.15) is 0 Å². The van der Waals surface area contributed by atoms with Crippen molar-refractivity contribution in [1.82, 2.24) is 4.57 Å². The first-order valence-electron chi connectivity index (χ1n) is 16.8. The molecule has 3 nitrogen and oxygen atoms in total. The molecule has 49 heavy (non-hydrogen) atoms. The third-order valence-corrected chi connectivity index (χ3v) is 10.0. The number of benzene rings is 8. The Bertz CT molecular complexity index is 2640. The van der Waals surface area contributed by atoms with Gasteiger partial charge in [0.05, 0.1) is 16.7 Å². The maximum Gasteiger partial charge on any atom is 0.201 e. The molecule has 1 unspecified atom stereocenters. The molecule has 9 aromatic rings. The second kappa shape index (κ2) is 11.1. The molecule has 1 N–H and O–H groups in total. The van der Waals surface area contributed by atoms with Crippen LogP contribution in [0.5, 0.6) is 0 Å². The summed E-state index contributed by atoms with van der Waals surface area (Å²) in [5.41, 5.74) is 11.4. The van der Waals surface area contributed by atoms with Crippen LogP contribution in [-0.2, 0) is 0 Å². The van der Waals surface area contributed by atoms with E-state index in [4.69, 9.17) is 4.99 Å². The summed E-state index contributed by atoms with van der Waals surface area (Å²) < 4.78 is 2.39. The SMILES string of the molecule is c1ccc(-c2ccc(-c3cccc(C4=NC(n5c6ccc7ccccc7c6c6c7ccccc7ccc65)Nc5ccccc54)c3)cc2)cc1. The van der Waals surface area contributed by atoms with Crippen molar-refractivity contribution in [3.8, 4) is 22.3 Å². The molecule has 1 atom stereocenters. The zero-order valence-corrected chi connectivity index (χ0v) is 26.7. The van der Waals surface area contributed by atoms with E-state index in [9.17, 15) is 0 Å². The van der Waals surface area contributed by atoms with Crippen molar-refractivity contribution in [3.05, 3.63) is 187 Å². The van der Waals surface area contributed by atoms with Crippen molar-refractivity contribution in [2.24, 2.45) is 4.99 Å². The fraction of sp³-hybridized carbons (Fsp3) is 0.0217. The molecule has 0 amide bonds. The molecule has 0 saturated heterocycles. The molecule has 0 radical (unpaired) electrons. The van der Waals surface area contributed by atoms with Gasteiger partial charge in [0.25, 0.3) is 0 Å². The molecule has 8 aromatic carbocycles. The number of aliphatic imine (C=N–C) groups is 1. The first kappa shape index (κ1) is 27.6. The maximum atomic E-state index is 5.55. The van der Waals surface area contributed by atoms with Gasteiger partial charge in [-0.2, -0.15) is 0 Å². The lowest BCUT2D eigenvalue weighted by atomic mass is 9.95. The number of rotatable bonds is 4. The highest BCUT2D eigenvalue weighted by Gasteiger charge is 2.26. The maximum absolute atomic E-state index is 5.55. The normalized spacial score (nSPS) is 14.2. The van der Waals surface area contributed by atoms with Gasteiger partial charge < -0.3 is 9.88 Å². The van der Waals surface area contributed by atoms with Crippen molar-refractivity contribution in [2.75, 3.05) is 5.32 Å². The number of para-hydroxylation sites is 1. The van der Waals surface area contributed by atoms with Gasteiger partial charge in [-0.3, -0.25) is 0 Å². The van der Waals surface area contributed by atoms with Crippen LogP contribution >= 0.6 is 0 Å². The summed E-state index contributed by atoms with van der Waals surface area (Å²) >= 11 is 0. The minimum atomic E-state index is -0.346. The summed E-state index contributed by atoms with van der Waals surface area (Å²) in [7, 11) is 0. The molecular formula is C46H31N3. The van der Waals surface area contributed by atoms with E-state index in [2.05, 4.69) is 186 Å². The first-order valence-corrected chi connectivity index (χ1v) is 16.8. The van der Waals surface area contributed by atoms with E-state index in [1.54, 1.807) is 0 Å². The molecule has 0 saturated carbocycles. The monoisotopic (exact) mass is 625 g/mol. The van der Waals surface area contributed by atoms with Gasteiger partial charge in [-0.05, 0) is 68.1 Å². The Hall–Kier alpha value is -6.45. The van der Waals surface area contributed by atoms with Crippen LogP contribution in [0.1, 0.15) is 17.4 Å². The van der Waals surface area contributed by atoms with E-state index in [1.807, 2.05) is 0 Å². The number of hydrogen-bond donors (Lipinski definition) is 1. The molecule has 0 fully saturated rings. The van der Waals surface area contributed by atoms with Gasteiger partial charge in [-0.1, -0.05) is 152 Å². The smallest absolute Gasteiger partial charge is 0.201 e. The van der Waals surface area contributed by atoms with Gasteiger partial charge in [-0.25, -0.2) is 4.99 Å². The third-order valence-electron chi connectivity index (χ3n) is 10.0. The number of aromatic nitrogens is 1. The number of nitrogens with zero attached hydrogens (tertiary/aromatic N) is 2. The van der Waals surface area contributed by atoms with E-state index in [0.29, 0.717) is 0 Å². The van der Waals surface area contributed by atoms with Crippen molar-refractivity contribution in [3.63, 3.8) is 0 Å². The zero-order chi connectivity index (χ0) is 32.3. The minimum absolute atomic E-state index is 0.346. The largest absolute Gasteiger partial charge is 0.346 e. The van der Waals surface area contributed by atoms with Crippen molar-refractivity contribution in [2.45, 2.75) is 6.29 Å². The summed E-state index contributed by atoms with van der Waals surface area (Å²) in [6.45, 7) is 0. The summed E-state index contributed by atoms with van der Waals surface area (Å²) in [5, 5.41) is 11.3. The standard InChI is InChI=1S/C46H31N3/c1-2-11-30(12-3-1)31-21-23-32(24-22-31)35-15-10-16-36(29-35)45-39-19-8-9-20-40(39)47-46(48-45)49-41-27-25-33-13-4-6-17-37(33)43(41)44-38-18-7-5-14-34(38)26-28-42(44)49/h1-29,46-47H. The second-order valence-corrected chi connectivity index (χ2v) is 12.8. The highest BCUT2D eigenvalue weighted by molar-refractivity contribution is 6.28. The molecule has 0 aliphatic carbocycles. The number of hydrogen-bond acceptors (Lipinski definition) is 2. The lowest BCUT2D eigenvalue weighted by molar-refractivity contribution is 0.625. The Morgan fingerprint density at radius 2 is 0.959 bits per heavy atom. The summed E-state index contributed by atoms with van der Waals surface area (Å²) in [5.74, 6) is 0. The third kappa shape index (κ3) is 4.47. The molecule has 1 aromatic heterocycles. The van der Waals surface area contributed by atoms with Gasteiger partial charge in [0.2, 0.25) is 6.29 Å². The Balaban J connectivity index is 1.16. The predicted octanol–water partition coefficient (Wildman–Crippen LogP) is 11.9. The van der Waals surface area contributed by atoms with Crippen LogP contribution < -0.4 is 5.32 Å². The Morgan fingerprint density at radius 3 is 1.65 bits per heavy atom. The van der Waals surface area contributed by atoms with E-state index >= 15 is 0 Å². The molecular weight excluding hydrogens is 595 g/mol. The van der Waals surface area contributed by atoms with E-state index in [-0.39, 0.29) is 6.29 Å². The van der Waals surface area contributed by atoms with E-state index in [0.717, 1.165) is 33.6 Å². The quantitative estimate of drug-likeness (QED) is 0.207. The highest BCUT2D eigenvalue weighted by atomic mass is 15.3. The van der Waals surface area contributed by atoms with Crippen molar-refractivity contribution in [1.29, 1.82) is 0 Å². The summed E-state index contributed by atoms with van der Waals surface area (Å²) in [4.78, 5) is 5.55. The molecule has 230 valence electrons. The minimum Gasteiger partial charge on any atom is -0.346 e. The Labute approximate surface area is 284 Å². The molecule has 3 heteroatoms. The average Bonchev–Trinajstić information content (AvgIpc) is 3.53. The first-order chi connectivity index (χ1) is 24.3. The lowest BCUT2D eigenvalue weighted by Gasteiger charge is -2.28. The van der Waals surface area contributed by atoms with Crippen LogP contribution in [0.2, 0.25) is 0 Å². The van der Waals surface area contributed by atoms with Crippen LogP contribution in [0, 0.1) is 0 Å². The number of nitrogens with one attached hydrogen (secondary N) is 1. The fourth-order valence-corrected chi connectivity index (χ4v) is 7.70. The van der Waals surface area contributed by atoms with Crippen LogP contribution in [0.4, 0.5) is 5.69 Å². The summed E-state index contributed by atoms with van der Waals surface area (Å²) in [6.07, 6.45) is -0.346. The fourth-order valence-electron chi connectivity index (χ4n) is 7.70. The van der Waals surface area contributed by atoms with Gasteiger partial charge in [0, 0.05) is 27.6 Å². The van der Waals surface area contributed by atoms with Crippen molar-refractivity contribution < 1.29 is 0 Å². The summed E-state index contributed by atoms with van der Waals surface area (Å²) in [6, 6.07) is 63.2. The molecule has 10 rings (SSSR count). The van der Waals surface area contributed by atoms with Crippen LogP contribution in [0.25, 0.3) is 65.6 Å². The molecule has 0 bridgehead atoms.